The maximum Gasteiger partial charge on any atom is 0.273 e. The number of carbonyl (C=O) groups is 1. The predicted octanol–water partition coefficient (Wildman–Crippen LogP) is 2.90. The average molecular weight is 407 g/mol. The summed E-state index contributed by atoms with van der Waals surface area (Å²) >= 11 is 1.49. The van der Waals surface area contributed by atoms with Gasteiger partial charge in [0.05, 0.1) is 30.5 Å². The van der Waals surface area contributed by atoms with E-state index in [0.717, 1.165) is 46.4 Å². The lowest BCUT2D eigenvalue weighted by molar-refractivity contribution is 0.0726. The first-order chi connectivity index (χ1) is 14.2. The van der Waals surface area contributed by atoms with Gasteiger partial charge in [-0.1, -0.05) is 24.3 Å². The van der Waals surface area contributed by atoms with Gasteiger partial charge in [0.1, 0.15) is 5.69 Å². The Morgan fingerprint density at radius 3 is 2.69 bits per heavy atom. The summed E-state index contributed by atoms with van der Waals surface area (Å²) in [6.45, 7) is 5.84. The van der Waals surface area contributed by atoms with Crippen LogP contribution in [0.15, 0.2) is 35.8 Å². The van der Waals surface area contributed by atoms with Crippen LogP contribution in [0.4, 0.5) is 5.95 Å². The molecule has 0 bridgehead atoms. The molecular formula is C21H21N5O2S. The lowest BCUT2D eigenvalue weighted by atomic mass is 10.0. The molecule has 0 aliphatic carbocycles. The molecule has 0 atom stereocenters. The summed E-state index contributed by atoms with van der Waals surface area (Å²) in [5, 5.41) is 2.72. The number of ether oxygens (including phenoxy) is 1. The summed E-state index contributed by atoms with van der Waals surface area (Å²) in [4.78, 5) is 31.0. The van der Waals surface area contributed by atoms with E-state index in [9.17, 15) is 4.79 Å². The number of benzene rings is 1. The molecule has 2 aliphatic heterocycles. The highest BCUT2D eigenvalue weighted by Gasteiger charge is 2.27. The summed E-state index contributed by atoms with van der Waals surface area (Å²) in [5.41, 5.74) is 4.50. The topological polar surface area (TPSA) is 71.5 Å². The highest BCUT2D eigenvalue weighted by Crippen LogP contribution is 2.32. The first kappa shape index (κ1) is 18.2. The van der Waals surface area contributed by atoms with E-state index in [2.05, 4.69) is 27.0 Å². The number of aromatic nitrogens is 3. The van der Waals surface area contributed by atoms with Crippen LogP contribution in [0.25, 0.3) is 11.3 Å². The van der Waals surface area contributed by atoms with Crippen molar-refractivity contribution in [3.8, 4) is 11.3 Å². The van der Waals surface area contributed by atoms with Crippen LogP contribution in [0.1, 0.15) is 26.6 Å². The Kier molecular flexibility index (Phi) is 4.73. The van der Waals surface area contributed by atoms with Gasteiger partial charge in [-0.2, -0.15) is 0 Å². The number of rotatable bonds is 2. The van der Waals surface area contributed by atoms with E-state index in [4.69, 9.17) is 9.72 Å². The minimum absolute atomic E-state index is 0.0609. The Hall–Kier alpha value is -2.84. The lowest BCUT2D eigenvalue weighted by Crippen LogP contribution is -2.37. The fourth-order valence-electron chi connectivity index (χ4n) is 3.79. The van der Waals surface area contributed by atoms with Gasteiger partial charge in [0.15, 0.2) is 0 Å². The Bertz CT molecular complexity index is 1060. The second-order valence-corrected chi connectivity index (χ2v) is 8.28. The van der Waals surface area contributed by atoms with Crippen molar-refractivity contribution in [3.05, 3.63) is 57.7 Å². The first-order valence-electron chi connectivity index (χ1n) is 9.67. The van der Waals surface area contributed by atoms with Gasteiger partial charge in [0.2, 0.25) is 5.95 Å². The Balaban J connectivity index is 1.55. The maximum atomic E-state index is 13.1. The summed E-state index contributed by atoms with van der Waals surface area (Å²) in [7, 11) is 0. The lowest BCUT2D eigenvalue weighted by Gasteiger charge is -2.27. The first-order valence-corrected chi connectivity index (χ1v) is 10.6. The van der Waals surface area contributed by atoms with E-state index in [-0.39, 0.29) is 5.91 Å². The standard InChI is InChI=1S/C21H21N5O2S/c1-14-23-18(13-29-14)20(27)26-11-15-4-2-3-5-17(15)19-16(12-26)10-22-21(24-19)25-6-8-28-9-7-25/h2-5,10,13H,6-9,11-12H2,1H3. The van der Waals surface area contributed by atoms with Crippen molar-refractivity contribution in [3.63, 3.8) is 0 Å². The number of fused-ring (bicyclic) bond motifs is 3. The molecule has 1 amide bonds. The fourth-order valence-corrected chi connectivity index (χ4v) is 4.37. The minimum Gasteiger partial charge on any atom is -0.378 e. The number of morpholine rings is 1. The minimum atomic E-state index is -0.0609. The highest BCUT2D eigenvalue weighted by atomic mass is 32.1. The van der Waals surface area contributed by atoms with Crippen LogP contribution in [0.5, 0.6) is 0 Å². The molecule has 4 heterocycles. The van der Waals surface area contributed by atoms with Crippen molar-refractivity contribution in [2.75, 3.05) is 31.2 Å². The molecule has 1 saturated heterocycles. The monoisotopic (exact) mass is 407 g/mol. The third kappa shape index (κ3) is 3.49. The zero-order valence-electron chi connectivity index (χ0n) is 16.2. The van der Waals surface area contributed by atoms with E-state index in [1.165, 1.54) is 11.3 Å². The summed E-state index contributed by atoms with van der Waals surface area (Å²) < 4.78 is 5.45. The molecule has 29 heavy (non-hydrogen) atoms. The highest BCUT2D eigenvalue weighted by molar-refractivity contribution is 7.09. The van der Waals surface area contributed by atoms with Gasteiger partial charge in [-0.15, -0.1) is 11.3 Å². The van der Waals surface area contributed by atoms with Crippen LogP contribution in [0, 0.1) is 6.92 Å². The van der Waals surface area contributed by atoms with Gasteiger partial charge in [-0.05, 0) is 12.5 Å². The van der Waals surface area contributed by atoms with Crippen molar-refractivity contribution in [2.24, 2.45) is 0 Å². The number of hydrogen-bond acceptors (Lipinski definition) is 7. The molecule has 0 saturated carbocycles. The van der Waals surface area contributed by atoms with Crippen LogP contribution in [0.3, 0.4) is 0 Å². The molecule has 8 heteroatoms. The second-order valence-electron chi connectivity index (χ2n) is 7.21. The van der Waals surface area contributed by atoms with Gasteiger partial charge in [0, 0.05) is 42.3 Å². The summed E-state index contributed by atoms with van der Waals surface area (Å²) in [5.74, 6) is 0.658. The van der Waals surface area contributed by atoms with Crippen LogP contribution in [-0.4, -0.2) is 52.1 Å². The van der Waals surface area contributed by atoms with E-state index in [1.807, 2.05) is 35.5 Å². The van der Waals surface area contributed by atoms with Gasteiger partial charge in [-0.25, -0.2) is 15.0 Å². The Morgan fingerprint density at radius 1 is 1.10 bits per heavy atom. The number of hydrogen-bond donors (Lipinski definition) is 0. The van der Waals surface area contributed by atoms with Crippen molar-refractivity contribution in [2.45, 2.75) is 20.0 Å². The molecule has 0 spiro atoms. The molecule has 2 aromatic heterocycles. The SMILES string of the molecule is Cc1nc(C(=O)N2Cc3ccccc3-c3nc(N4CCOCC4)ncc3C2)cs1. The van der Waals surface area contributed by atoms with Crippen molar-refractivity contribution in [1.82, 2.24) is 19.9 Å². The van der Waals surface area contributed by atoms with Gasteiger partial charge < -0.3 is 14.5 Å². The van der Waals surface area contributed by atoms with Crippen molar-refractivity contribution < 1.29 is 9.53 Å². The third-order valence-electron chi connectivity index (χ3n) is 5.27. The molecule has 5 rings (SSSR count). The van der Waals surface area contributed by atoms with E-state index in [1.54, 1.807) is 0 Å². The Morgan fingerprint density at radius 2 is 1.90 bits per heavy atom. The molecule has 7 nitrogen and oxygen atoms in total. The summed E-state index contributed by atoms with van der Waals surface area (Å²) in [6.07, 6.45) is 1.86. The molecular weight excluding hydrogens is 386 g/mol. The van der Waals surface area contributed by atoms with Crippen LogP contribution in [-0.2, 0) is 17.8 Å². The number of thiazole rings is 1. The van der Waals surface area contributed by atoms with E-state index in [0.29, 0.717) is 32.0 Å². The molecule has 3 aromatic rings. The zero-order valence-corrected chi connectivity index (χ0v) is 17.0. The number of carbonyl (C=O) groups excluding carboxylic acids is 1. The Labute approximate surface area is 173 Å². The molecule has 1 aromatic carbocycles. The quantitative estimate of drug-likeness (QED) is 0.651. The molecule has 0 N–H and O–H groups in total. The third-order valence-corrected chi connectivity index (χ3v) is 6.04. The molecule has 0 radical (unpaired) electrons. The predicted molar refractivity (Wildman–Crippen MR) is 111 cm³/mol. The zero-order chi connectivity index (χ0) is 19.8. The number of amides is 1. The van der Waals surface area contributed by atoms with E-state index >= 15 is 0 Å². The largest absolute Gasteiger partial charge is 0.378 e. The van der Waals surface area contributed by atoms with Gasteiger partial charge in [0.25, 0.3) is 5.91 Å². The molecule has 0 unspecified atom stereocenters. The molecule has 2 aliphatic rings. The van der Waals surface area contributed by atoms with Gasteiger partial charge in [-0.3, -0.25) is 4.79 Å². The second kappa shape index (κ2) is 7.53. The van der Waals surface area contributed by atoms with Gasteiger partial charge >= 0.3 is 0 Å². The van der Waals surface area contributed by atoms with Crippen LogP contribution < -0.4 is 4.90 Å². The number of nitrogens with zero attached hydrogens (tertiary/aromatic N) is 5. The van der Waals surface area contributed by atoms with E-state index < -0.39 is 0 Å². The smallest absolute Gasteiger partial charge is 0.273 e. The maximum absolute atomic E-state index is 13.1. The fraction of sp³-hybridized carbons (Fsp3) is 0.333. The van der Waals surface area contributed by atoms with Crippen LogP contribution >= 0.6 is 11.3 Å². The normalized spacial score (nSPS) is 16.2. The number of aryl methyl sites for hydroxylation is 1. The number of anilines is 1. The van der Waals surface area contributed by atoms with Crippen LogP contribution in [0.2, 0.25) is 0 Å². The molecule has 1 fully saturated rings. The summed E-state index contributed by atoms with van der Waals surface area (Å²) in [6, 6.07) is 8.16. The average Bonchev–Trinajstić information content (AvgIpc) is 3.12. The molecule has 148 valence electrons. The van der Waals surface area contributed by atoms with Crippen molar-refractivity contribution in [1.29, 1.82) is 0 Å². The van der Waals surface area contributed by atoms with Crippen molar-refractivity contribution >= 4 is 23.2 Å².